The van der Waals surface area contributed by atoms with Gasteiger partial charge in [-0.05, 0) is 12.0 Å². The second-order valence-electron chi connectivity index (χ2n) is 5.48. The molecule has 1 saturated heterocycles. The van der Waals surface area contributed by atoms with Crippen LogP contribution >= 0.6 is 0 Å². The van der Waals surface area contributed by atoms with E-state index in [1.54, 1.807) is 0 Å². The van der Waals surface area contributed by atoms with E-state index < -0.39 is 12.1 Å². The zero-order valence-electron chi connectivity index (χ0n) is 12.8. The van der Waals surface area contributed by atoms with Crippen molar-refractivity contribution in [3.05, 3.63) is 17.5 Å². The van der Waals surface area contributed by atoms with Crippen LogP contribution in [0.3, 0.4) is 0 Å². The molecule has 8 heteroatoms. The molecule has 1 amide bonds. The highest BCUT2D eigenvalue weighted by atomic mass is 16.6. The second-order valence-corrected chi connectivity index (χ2v) is 5.48. The fourth-order valence-electron chi connectivity index (χ4n) is 2.68. The number of cyclic esters (lactones) is 1. The summed E-state index contributed by atoms with van der Waals surface area (Å²) >= 11 is 0. The van der Waals surface area contributed by atoms with Crippen LogP contribution in [0.15, 0.2) is 6.07 Å². The molecule has 0 aliphatic carbocycles. The van der Waals surface area contributed by atoms with E-state index in [1.165, 1.54) is 10.7 Å². The molecular formula is C14H22N4O4. The van der Waals surface area contributed by atoms with E-state index in [0.29, 0.717) is 5.69 Å². The third kappa shape index (κ3) is 3.38. The summed E-state index contributed by atoms with van der Waals surface area (Å²) < 4.78 is 6.18. The highest BCUT2D eigenvalue weighted by Crippen LogP contribution is 2.25. The summed E-state index contributed by atoms with van der Waals surface area (Å²) in [4.78, 5) is 22.4. The molecule has 2 atom stereocenters. The predicted molar refractivity (Wildman–Crippen MR) is 78.5 cm³/mol. The number of carboxylic acid groups (broad SMARTS) is 1. The SMILES string of the molecule is CCC(CC)C(N)c1cc(C(=O)O)n(CC2COC(=O)N2)n1. The van der Waals surface area contributed by atoms with Gasteiger partial charge in [-0.15, -0.1) is 0 Å². The van der Waals surface area contributed by atoms with E-state index in [0.717, 1.165) is 12.8 Å². The molecule has 0 spiro atoms. The van der Waals surface area contributed by atoms with Gasteiger partial charge in [-0.1, -0.05) is 26.7 Å². The third-order valence-electron chi connectivity index (χ3n) is 4.05. The Morgan fingerprint density at radius 1 is 1.59 bits per heavy atom. The normalized spacial score (nSPS) is 19.1. The number of alkyl carbamates (subject to hydrolysis) is 1. The van der Waals surface area contributed by atoms with Crippen LogP contribution in [-0.2, 0) is 11.3 Å². The van der Waals surface area contributed by atoms with Crippen molar-refractivity contribution in [2.45, 2.75) is 45.3 Å². The van der Waals surface area contributed by atoms with E-state index in [9.17, 15) is 14.7 Å². The fourth-order valence-corrected chi connectivity index (χ4v) is 2.68. The Bertz CT molecular complexity index is 553. The van der Waals surface area contributed by atoms with E-state index >= 15 is 0 Å². The van der Waals surface area contributed by atoms with Gasteiger partial charge in [0.25, 0.3) is 0 Å². The molecule has 4 N–H and O–H groups in total. The topological polar surface area (TPSA) is 119 Å². The van der Waals surface area contributed by atoms with Crippen LogP contribution < -0.4 is 11.1 Å². The number of carbonyl (C=O) groups excluding carboxylic acids is 1. The first-order valence-corrected chi connectivity index (χ1v) is 7.46. The molecule has 22 heavy (non-hydrogen) atoms. The first-order chi connectivity index (χ1) is 10.5. The number of nitrogens with one attached hydrogen (secondary N) is 1. The zero-order valence-corrected chi connectivity index (χ0v) is 12.8. The number of hydrogen-bond donors (Lipinski definition) is 3. The van der Waals surface area contributed by atoms with Gasteiger partial charge in [0.15, 0.2) is 0 Å². The van der Waals surface area contributed by atoms with Crippen molar-refractivity contribution < 1.29 is 19.4 Å². The fraction of sp³-hybridized carbons (Fsp3) is 0.643. The minimum absolute atomic E-state index is 0.0672. The first-order valence-electron chi connectivity index (χ1n) is 7.46. The molecule has 0 aromatic carbocycles. The molecule has 2 rings (SSSR count). The Morgan fingerprint density at radius 3 is 2.77 bits per heavy atom. The minimum atomic E-state index is -1.07. The number of nitrogens with zero attached hydrogens (tertiary/aromatic N) is 2. The zero-order chi connectivity index (χ0) is 16.3. The average molecular weight is 310 g/mol. The van der Waals surface area contributed by atoms with Gasteiger partial charge in [0.05, 0.1) is 24.3 Å². The number of nitrogens with two attached hydrogens (primary N) is 1. The van der Waals surface area contributed by atoms with Crippen LogP contribution in [0.2, 0.25) is 0 Å². The first kappa shape index (κ1) is 16.3. The highest BCUT2D eigenvalue weighted by Gasteiger charge is 2.27. The summed E-state index contributed by atoms with van der Waals surface area (Å²) in [5.74, 6) is -0.819. The van der Waals surface area contributed by atoms with Gasteiger partial charge >= 0.3 is 12.1 Å². The van der Waals surface area contributed by atoms with Gasteiger partial charge in [0, 0.05) is 0 Å². The molecule has 1 aliphatic heterocycles. The van der Waals surface area contributed by atoms with Crippen molar-refractivity contribution in [2.75, 3.05) is 6.61 Å². The summed E-state index contributed by atoms with van der Waals surface area (Å²) in [6.07, 6.45) is 1.31. The van der Waals surface area contributed by atoms with E-state index in [-0.39, 0.29) is 36.8 Å². The van der Waals surface area contributed by atoms with Crippen molar-refractivity contribution in [1.82, 2.24) is 15.1 Å². The van der Waals surface area contributed by atoms with E-state index in [4.69, 9.17) is 10.5 Å². The molecule has 2 heterocycles. The Morgan fingerprint density at radius 2 is 2.27 bits per heavy atom. The monoisotopic (exact) mass is 310 g/mol. The summed E-state index contributed by atoms with van der Waals surface area (Å²) in [5.41, 5.74) is 6.84. The predicted octanol–water partition coefficient (Wildman–Crippen LogP) is 1.13. The van der Waals surface area contributed by atoms with Crippen molar-refractivity contribution in [1.29, 1.82) is 0 Å². The summed E-state index contributed by atoms with van der Waals surface area (Å²) in [6.45, 7) is 4.54. The van der Waals surface area contributed by atoms with Crippen molar-refractivity contribution in [2.24, 2.45) is 11.7 Å². The summed E-state index contributed by atoms with van der Waals surface area (Å²) in [6, 6.07) is 0.926. The molecule has 0 radical (unpaired) electrons. The minimum Gasteiger partial charge on any atom is -0.477 e. The van der Waals surface area contributed by atoms with E-state index in [1.807, 2.05) is 0 Å². The Kier molecular flexibility index (Phi) is 5.02. The summed E-state index contributed by atoms with van der Waals surface area (Å²) in [7, 11) is 0. The van der Waals surface area contributed by atoms with Crippen LogP contribution in [0, 0.1) is 5.92 Å². The van der Waals surface area contributed by atoms with Crippen LogP contribution in [-0.4, -0.2) is 39.6 Å². The molecule has 0 saturated carbocycles. The van der Waals surface area contributed by atoms with Crippen molar-refractivity contribution >= 4 is 12.1 Å². The molecule has 122 valence electrons. The maximum absolute atomic E-state index is 11.4. The van der Waals surface area contributed by atoms with Gasteiger partial charge in [-0.2, -0.15) is 5.10 Å². The Labute approximate surface area is 128 Å². The third-order valence-corrected chi connectivity index (χ3v) is 4.05. The van der Waals surface area contributed by atoms with E-state index in [2.05, 4.69) is 24.3 Å². The lowest BCUT2D eigenvalue weighted by atomic mass is 9.92. The number of hydrogen-bond acceptors (Lipinski definition) is 5. The molecule has 1 aliphatic rings. The number of aromatic carboxylic acids is 1. The molecule has 2 unspecified atom stereocenters. The number of carboxylic acids is 1. The van der Waals surface area contributed by atoms with Gasteiger partial charge in [-0.3, -0.25) is 4.68 Å². The second kappa shape index (κ2) is 6.78. The molecular weight excluding hydrogens is 288 g/mol. The number of ether oxygens (including phenoxy) is 1. The number of amides is 1. The largest absolute Gasteiger partial charge is 0.477 e. The van der Waals surface area contributed by atoms with Gasteiger partial charge in [0.2, 0.25) is 0 Å². The number of rotatable bonds is 7. The maximum atomic E-state index is 11.4. The molecule has 1 fully saturated rings. The average Bonchev–Trinajstić information content (AvgIpc) is 3.07. The van der Waals surface area contributed by atoms with Crippen LogP contribution in [0.4, 0.5) is 4.79 Å². The van der Waals surface area contributed by atoms with Gasteiger partial charge < -0.3 is 20.9 Å². The van der Waals surface area contributed by atoms with Crippen molar-refractivity contribution in [3.8, 4) is 0 Å². The Hall–Kier alpha value is -2.09. The van der Waals surface area contributed by atoms with Crippen LogP contribution in [0.5, 0.6) is 0 Å². The van der Waals surface area contributed by atoms with Gasteiger partial charge in [-0.25, -0.2) is 9.59 Å². The van der Waals surface area contributed by atoms with Crippen LogP contribution in [0.1, 0.15) is 48.9 Å². The molecule has 0 bridgehead atoms. The molecule has 1 aromatic rings. The summed E-state index contributed by atoms with van der Waals surface area (Å²) in [5, 5.41) is 16.3. The highest BCUT2D eigenvalue weighted by molar-refractivity contribution is 5.85. The number of aromatic nitrogens is 2. The lowest BCUT2D eigenvalue weighted by Gasteiger charge is -2.19. The standard InChI is InChI=1S/C14H22N4O4/c1-3-8(4-2)12(15)10-5-11(13(19)20)18(17-10)6-9-7-22-14(21)16-9/h5,8-9,12H,3-4,6-7,15H2,1-2H3,(H,16,21)(H,19,20). The quantitative estimate of drug-likeness (QED) is 0.694. The van der Waals surface area contributed by atoms with Crippen molar-refractivity contribution in [3.63, 3.8) is 0 Å². The molecule has 8 nitrogen and oxygen atoms in total. The number of carbonyl (C=O) groups is 2. The van der Waals surface area contributed by atoms with Gasteiger partial charge in [0.1, 0.15) is 12.3 Å². The lowest BCUT2D eigenvalue weighted by molar-refractivity contribution is 0.0682. The maximum Gasteiger partial charge on any atom is 0.407 e. The Balaban J connectivity index is 2.21. The lowest BCUT2D eigenvalue weighted by Crippen LogP contribution is -2.32. The molecule has 1 aromatic heterocycles. The van der Waals surface area contributed by atoms with Crippen LogP contribution in [0.25, 0.3) is 0 Å². The smallest absolute Gasteiger partial charge is 0.407 e.